The summed E-state index contributed by atoms with van der Waals surface area (Å²) in [5.41, 5.74) is -4.18. The van der Waals surface area contributed by atoms with Gasteiger partial charge in [-0.3, -0.25) is 0 Å². The van der Waals surface area contributed by atoms with Gasteiger partial charge in [-0.2, -0.15) is 37.7 Å². The van der Waals surface area contributed by atoms with Crippen molar-refractivity contribution in [1.82, 2.24) is 0 Å². The molecule has 0 spiro atoms. The monoisotopic (exact) mass is 347 g/mol. The zero-order valence-corrected chi connectivity index (χ0v) is 11.4. The summed E-state index contributed by atoms with van der Waals surface area (Å²) in [5, 5.41) is 34.7. The maximum atomic E-state index is 13.6. The molecule has 118 valence electrons. The highest BCUT2D eigenvalue weighted by atomic mass is 32.1. The topological polar surface area (TPSA) is 109 Å². The fraction of sp³-hybridized carbons (Fsp3) is 0.167. The second kappa shape index (κ2) is 6.03. The molecule has 1 rings (SSSR count). The maximum Gasteiger partial charge on any atom is 0.458 e. The molecule has 0 radical (unpaired) electrons. The molecule has 0 bridgehead atoms. The van der Waals surface area contributed by atoms with Crippen LogP contribution < -0.4 is 0 Å². The average Bonchev–Trinajstić information content (AvgIpc) is 2.80. The Morgan fingerprint density at radius 2 is 1.70 bits per heavy atom. The Labute approximate surface area is 128 Å². The molecule has 0 unspecified atom stereocenters. The Balaban J connectivity index is 3.87. The summed E-state index contributed by atoms with van der Waals surface area (Å²) in [5.74, 6) is -7.37. The quantitative estimate of drug-likeness (QED) is 0.513. The van der Waals surface area contributed by atoms with Crippen molar-refractivity contribution in [3.63, 3.8) is 0 Å². The van der Waals surface area contributed by atoms with Crippen LogP contribution in [0.25, 0.3) is 6.08 Å². The third-order valence-corrected chi connectivity index (χ3v) is 3.49. The highest BCUT2D eigenvalue weighted by Gasteiger charge is 2.61. The number of hydrogen-bond acceptors (Lipinski definition) is 5. The first-order valence-corrected chi connectivity index (χ1v) is 6.10. The van der Waals surface area contributed by atoms with Crippen molar-refractivity contribution >= 4 is 23.4 Å². The normalized spacial score (nSPS) is 12.2. The lowest BCUT2D eigenvalue weighted by Gasteiger charge is -2.20. The molecule has 1 aromatic rings. The van der Waals surface area contributed by atoms with E-state index in [2.05, 4.69) is 0 Å². The van der Waals surface area contributed by atoms with Gasteiger partial charge in [0.05, 0.1) is 11.1 Å². The van der Waals surface area contributed by atoms with Crippen LogP contribution in [0.2, 0.25) is 0 Å². The first-order valence-electron chi connectivity index (χ1n) is 5.28. The Kier molecular flexibility index (Phi) is 4.74. The zero-order chi connectivity index (χ0) is 18.0. The fourth-order valence-electron chi connectivity index (χ4n) is 1.46. The van der Waals surface area contributed by atoms with Crippen molar-refractivity contribution in [3.05, 3.63) is 26.5 Å². The number of aliphatic carboxylic acids is 1. The van der Waals surface area contributed by atoms with Crippen molar-refractivity contribution in [2.75, 3.05) is 0 Å². The van der Waals surface area contributed by atoms with Crippen LogP contribution in [0.4, 0.5) is 22.0 Å². The maximum absolute atomic E-state index is 13.6. The lowest BCUT2D eigenvalue weighted by atomic mass is 10.0. The number of carboxylic acid groups (broad SMARTS) is 1. The number of nitriles is 3. The van der Waals surface area contributed by atoms with Crippen LogP contribution in [-0.2, 0) is 10.7 Å². The Hall–Kier alpha value is -2.97. The number of carbonyl (C=O) groups is 1. The van der Waals surface area contributed by atoms with Gasteiger partial charge in [-0.1, -0.05) is 0 Å². The summed E-state index contributed by atoms with van der Waals surface area (Å²) in [4.78, 5) is 8.95. The number of nitrogens with zero attached hydrogens (tertiary/aromatic N) is 3. The molecule has 1 N–H and O–H groups in total. The van der Waals surface area contributed by atoms with E-state index in [-0.39, 0.29) is 17.4 Å². The molecular weight excluding hydrogens is 345 g/mol. The van der Waals surface area contributed by atoms with E-state index in [1.165, 1.54) is 6.07 Å². The molecule has 0 saturated carbocycles. The molecule has 11 heteroatoms. The molecule has 0 saturated heterocycles. The first-order chi connectivity index (χ1) is 10.5. The van der Waals surface area contributed by atoms with Gasteiger partial charge in [0, 0.05) is 4.88 Å². The van der Waals surface area contributed by atoms with Gasteiger partial charge in [0.15, 0.2) is 0 Å². The Bertz CT molecular complexity index is 818. The predicted molar refractivity (Wildman–Crippen MR) is 64.9 cm³/mol. The summed E-state index contributed by atoms with van der Waals surface area (Å²) < 4.78 is 65.0. The summed E-state index contributed by atoms with van der Waals surface area (Å²) in [6, 6.07) is 3.48. The van der Waals surface area contributed by atoms with Gasteiger partial charge in [0.25, 0.3) is 0 Å². The van der Waals surface area contributed by atoms with Crippen molar-refractivity contribution in [1.29, 1.82) is 15.8 Å². The second-order valence-electron chi connectivity index (χ2n) is 3.82. The largest absolute Gasteiger partial charge is 0.477 e. The number of hydrogen-bond donors (Lipinski definition) is 1. The molecular formula is C12H2F5N3O2S. The van der Waals surface area contributed by atoms with Gasteiger partial charge >= 0.3 is 18.1 Å². The van der Waals surface area contributed by atoms with E-state index in [4.69, 9.17) is 20.9 Å². The molecule has 0 aromatic carbocycles. The fourth-order valence-corrected chi connectivity index (χ4v) is 2.49. The summed E-state index contributed by atoms with van der Waals surface area (Å²) in [7, 11) is 0. The van der Waals surface area contributed by atoms with Crippen molar-refractivity contribution in [2.45, 2.75) is 12.1 Å². The Morgan fingerprint density at radius 1 is 1.13 bits per heavy atom. The average molecular weight is 347 g/mol. The molecule has 0 aliphatic rings. The summed E-state index contributed by atoms with van der Waals surface area (Å²) in [6.45, 7) is 0. The minimum absolute atomic E-state index is 0.0603. The first kappa shape index (κ1) is 18.1. The summed E-state index contributed by atoms with van der Waals surface area (Å²) in [6.07, 6.45) is -5.81. The molecule has 0 amide bonds. The molecule has 5 nitrogen and oxygen atoms in total. The molecule has 23 heavy (non-hydrogen) atoms. The summed E-state index contributed by atoms with van der Waals surface area (Å²) >= 11 is 0.0603. The SMILES string of the molecule is N#CC(=Cc1sc(C#N)c(C#N)c1C(F)(F)C(F)(F)F)C(=O)O. The van der Waals surface area contributed by atoms with Crippen LogP contribution in [-0.4, -0.2) is 17.3 Å². The van der Waals surface area contributed by atoms with Gasteiger partial charge in [0.2, 0.25) is 0 Å². The number of rotatable bonds is 3. The van der Waals surface area contributed by atoms with E-state index in [9.17, 15) is 26.7 Å². The third kappa shape index (κ3) is 3.12. The Morgan fingerprint density at radius 3 is 2.04 bits per heavy atom. The zero-order valence-electron chi connectivity index (χ0n) is 10.6. The van der Waals surface area contributed by atoms with Gasteiger partial charge < -0.3 is 5.11 Å². The third-order valence-electron chi connectivity index (χ3n) is 2.45. The smallest absolute Gasteiger partial charge is 0.458 e. The molecule has 0 fully saturated rings. The van der Waals surface area contributed by atoms with Crippen LogP contribution in [0, 0.1) is 34.0 Å². The van der Waals surface area contributed by atoms with E-state index >= 15 is 0 Å². The van der Waals surface area contributed by atoms with E-state index in [1.54, 1.807) is 0 Å². The number of carboxylic acids is 1. The molecule has 0 aliphatic heterocycles. The lowest BCUT2D eigenvalue weighted by Crippen LogP contribution is -2.34. The highest BCUT2D eigenvalue weighted by Crippen LogP contribution is 2.49. The minimum atomic E-state index is -6.08. The van der Waals surface area contributed by atoms with Crippen LogP contribution in [0.1, 0.15) is 20.9 Å². The van der Waals surface area contributed by atoms with Gasteiger partial charge in [0.1, 0.15) is 28.7 Å². The van der Waals surface area contributed by atoms with Crippen LogP contribution in [0.15, 0.2) is 5.57 Å². The molecule has 0 aliphatic carbocycles. The molecule has 1 heterocycles. The number of halogens is 5. The van der Waals surface area contributed by atoms with Crippen molar-refractivity contribution < 1.29 is 31.9 Å². The number of thiophene rings is 1. The predicted octanol–water partition coefficient (Wildman–Crippen LogP) is 3.14. The van der Waals surface area contributed by atoms with E-state index < -0.39 is 44.5 Å². The molecule has 1 aromatic heterocycles. The standard InChI is InChI=1S/C12H2F5N3O2S/c13-11(14,12(15,16)17)9-6(3-19)8(4-20)23-7(9)1-5(2-18)10(21)22/h1H,(H,21,22). The van der Waals surface area contributed by atoms with E-state index in [1.807, 2.05) is 0 Å². The number of alkyl halides is 5. The molecule has 0 atom stereocenters. The van der Waals surface area contributed by atoms with Crippen LogP contribution in [0.3, 0.4) is 0 Å². The van der Waals surface area contributed by atoms with Crippen LogP contribution in [0.5, 0.6) is 0 Å². The van der Waals surface area contributed by atoms with Gasteiger partial charge in [-0.05, 0) is 6.08 Å². The van der Waals surface area contributed by atoms with Crippen molar-refractivity contribution in [2.24, 2.45) is 0 Å². The second-order valence-corrected chi connectivity index (χ2v) is 4.87. The van der Waals surface area contributed by atoms with Crippen molar-refractivity contribution in [3.8, 4) is 18.2 Å². The highest BCUT2D eigenvalue weighted by molar-refractivity contribution is 7.13. The van der Waals surface area contributed by atoms with Gasteiger partial charge in [-0.25, -0.2) is 4.79 Å². The van der Waals surface area contributed by atoms with Gasteiger partial charge in [-0.15, -0.1) is 11.3 Å². The van der Waals surface area contributed by atoms with E-state index in [0.29, 0.717) is 0 Å². The minimum Gasteiger partial charge on any atom is -0.477 e. The van der Waals surface area contributed by atoms with E-state index in [0.717, 1.165) is 12.1 Å². The van der Waals surface area contributed by atoms with Crippen LogP contribution >= 0.6 is 11.3 Å². The lowest BCUT2D eigenvalue weighted by molar-refractivity contribution is -0.289.